The van der Waals surface area contributed by atoms with Gasteiger partial charge in [0.1, 0.15) is 5.82 Å². The Balaban J connectivity index is 2.31. The van der Waals surface area contributed by atoms with E-state index in [4.69, 9.17) is 5.73 Å². The quantitative estimate of drug-likeness (QED) is 0.857. The number of anilines is 2. The van der Waals surface area contributed by atoms with Crippen molar-refractivity contribution in [3.05, 3.63) is 15.1 Å². The summed E-state index contributed by atoms with van der Waals surface area (Å²) in [6.45, 7) is 2.15. The number of hydrogen-bond donors (Lipinski definition) is 1. The monoisotopic (exact) mass is 333 g/mol. The number of nitrogen functional groups attached to an aromatic ring is 1. The fourth-order valence-corrected chi connectivity index (χ4v) is 2.93. The molecule has 2 rings (SSSR count). The van der Waals surface area contributed by atoms with Gasteiger partial charge < -0.3 is 10.6 Å². The Morgan fingerprint density at radius 3 is 2.53 bits per heavy atom. The van der Waals surface area contributed by atoms with Crippen LogP contribution in [-0.4, -0.2) is 18.1 Å². The molecule has 2 heterocycles. The number of aromatic nitrogens is 1. The Bertz CT molecular complexity index is 362. The summed E-state index contributed by atoms with van der Waals surface area (Å²) in [5, 5.41) is 0. The van der Waals surface area contributed by atoms with E-state index in [1.54, 1.807) is 6.20 Å². The third-order valence-corrected chi connectivity index (χ3v) is 4.06. The highest BCUT2D eigenvalue weighted by atomic mass is 79.9. The summed E-state index contributed by atoms with van der Waals surface area (Å²) in [6.07, 6.45) is 5.57. The molecule has 0 unspecified atom stereocenters. The third kappa shape index (κ3) is 2.28. The predicted octanol–water partition coefficient (Wildman–Crippen LogP) is 3.18. The summed E-state index contributed by atoms with van der Waals surface area (Å²) in [5.74, 6) is 0.968. The molecule has 0 radical (unpaired) electrons. The summed E-state index contributed by atoms with van der Waals surface area (Å²) in [4.78, 5) is 6.70. The maximum absolute atomic E-state index is 5.93. The zero-order valence-electron chi connectivity index (χ0n) is 8.34. The average molecular weight is 335 g/mol. The number of hydrogen-bond acceptors (Lipinski definition) is 3. The first kappa shape index (κ1) is 11.2. The zero-order chi connectivity index (χ0) is 10.8. The van der Waals surface area contributed by atoms with Crippen molar-refractivity contribution in [1.29, 1.82) is 0 Å². The first-order chi connectivity index (χ1) is 7.20. The van der Waals surface area contributed by atoms with Crippen LogP contribution in [0.4, 0.5) is 11.5 Å². The first-order valence-electron chi connectivity index (χ1n) is 5.04. The van der Waals surface area contributed by atoms with Crippen LogP contribution in [0.25, 0.3) is 0 Å². The molecule has 5 heteroatoms. The molecule has 0 aliphatic carbocycles. The maximum Gasteiger partial charge on any atom is 0.145 e. The van der Waals surface area contributed by atoms with Gasteiger partial charge in [-0.05, 0) is 51.1 Å². The summed E-state index contributed by atoms with van der Waals surface area (Å²) >= 11 is 6.88. The highest BCUT2D eigenvalue weighted by Gasteiger charge is 2.17. The minimum atomic E-state index is 0.727. The number of pyridine rings is 1. The van der Waals surface area contributed by atoms with Crippen molar-refractivity contribution in [3.63, 3.8) is 0 Å². The molecule has 1 aromatic heterocycles. The molecular weight excluding hydrogens is 322 g/mol. The van der Waals surface area contributed by atoms with Gasteiger partial charge in [-0.15, -0.1) is 0 Å². The molecule has 1 aromatic rings. The Morgan fingerprint density at radius 2 is 1.87 bits per heavy atom. The van der Waals surface area contributed by atoms with Crippen LogP contribution < -0.4 is 10.6 Å². The van der Waals surface area contributed by atoms with Crippen LogP contribution in [0.15, 0.2) is 15.1 Å². The van der Waals surface area contributed by atoms with Crippen molar-refractivity contribution in [2.75, 3.05) is 23.7 Å². The van der Waals surface area contributed by atoms with E-state index in [2.05, 4.69) is 41.7 Å². The van der Waals surface area contributed by atoms with Gasteiger partial charge in [-0.25, -0.2) is 4.98 Å². The molecule has 2 N–H and O–H groups in total. The van der Waals surface area contributed by atoms with Crippen LogP contribution in [0.1, 0.15) is 19.3 Å². The molecular formula is C10H13Br2N3. The predicted molar refractivity (Wildman–Crippen MR) is 70.1 cm³/mol. The molecule has 0 aromatic carbocycles. The van der Waals surface area contributed by atoms with Crippen LogP contribution in [0.5, 0.6) is 0 Å². The fourth-order valence-electron chi connectivity index (χ4n) is 1.80. The highest BCUT2D eigenvalue weighted by Crippen LogP contribution is 2.35. The number of halogens is 2. The molecule has 15 heavy (non-hydrogen) atoms. The van der Waals surface area contributed by atoms with Crippen LogP contribution >= 0.6 is 31.9 Å². The van der Waals surface area contributed by atoms with Gasteiger partial charge in [-0.2, -0.15) is 0 Å². The number of nitrogens with two attached hydrogens (primary N) is 1. The second-order valence-electron chi connectivity index (χ2n) is 3.71. The van der Waals surface area contributed by atoms with E-state index in [-0.39, 0.29) is 0 Å². The zero-order valence-corrected chi connectivity index (χ0v) is 11.5. The lowest BCUT2D eigenvalue weighted by atomic mass is 10.1. The smallest absolute Gasteiger partial charge is 0.145 e. The summed E-state index contributed by atoms with van der Waals surface area (Å²) in [5.41, 5.74) is 6.66. The lowest BCUT2D eigenvalue weighted by molar-refractivity contribution is 0.573. The summed E-state index contributed by atoms with van der Waals surface area (Å²) < 4.78 is 1.74. The van der Waals surface area contributed by atoms with Gasteiger partial charge >= 0.3 is 0 Å². The average Bonchev–Trinajstić information content (AvgIpc) is 2.27. The van der Waals surface area contributed by atoms with Crippen molar-refractivity contribution in [3.8, 4) is 0 Å². The van der Waals surface area contributed by atoms with Gasteiger partial charge in [-0.1, -0.05) is 0 Å². The van der Waals surface area contributed by atoms with Crippen molar-refractivity contribution >= 4 is 43.4 Å². The van der Waals surface area contributed by atoms with Gasteiger partial charge in [0.05, 0.1) is 14.6 Å². The highest BCUT2D eigenvalue weighted by molar-refractivity contribution is 9.11. The Morgan fingerprint density at radius 1 is 1.20 bits per heavy atom. The molecule has 82 valence electrons. The maximum atomic E-state index is 5.93. The van der Waals surface area contributed by atoms with Crippen LogP contribution in [0.3, 0.4) is 0 Å². The van der Waals surface area contributed by atoms with E-state index in [0.29, 0.717) is 0 Å². The van der Waals surface area contributed by atoms with Crippen molar-refractivity contribution in [2.45, 2.75) is 19.3 Å². The van der Waals surface area contributed by atoms with E-state index < -0.39 is 0 Å². The van der Waals surface area contributed by atoms with Gasteiger partial charge in [0.15, 0.2) is 0 Å². The van der Waals surface area contributed by atoms with E-state index in [9.17, 15) is 0 Å². The Kier molecular flexibility index (Phi) is 3.51. The SMILES string of the molecule is Nc1c(Br)cnc(N2CCCCC2)c1Br. The van der Waals surface area contributed by atoms with Crippen LogP contribution in [0.2, 0.25) is 0 Å². The van der Waals surface area contributed by atoms with Crippen molar-refractivity contribution in [2.24, 2.45) is 0 Å². The number of piperidine rings is 1. The Labute approximate surface area is 106 Å². The molecule has 1 saturated heterocycles. The lowest BCUT2D eigenvalue weighted by Gasteiger charge is -2.28. The molecule has 0 atom stereocenters. The molecule has 1 aliphatic heterocycles. The molecule has 1 fully saturated rings. The standard InChI is InChI=1S/C10H13Br2N3/c11-7-6-14-10(8(12)9(7)13)15-4-2-1-3-5-15/h6H,1-5H2,(H2,13,14). The lowest BCUT2D eigenvalue weighted by Crippen LogP contribution is -2.30. The third-order valence-electron chi connectivity index (χ3n) is 2.65. The van der Waals surface area contributed by atoms with E-state index in [1.807, 2.05) is 0 Å². The summed E-state index contributed by atoms with van der Waals surface area (Å²) in [7, 11) is 0. The molecule has 0 spiro atoms. The van der Waals surface area contributed by atoms with Crippen LogP contribution in [0, 0.1) is 0 Å². The van der Waals surface area contributed by atoms with Crippen LogP contribution in [-0.2, 0) is 0 Å². The van der Waals surface area contributed by atoms with E-state index in [0.717, 1.165) is 33.5 Å². The second kappa shape index (κ2) is 4.70. The van der Waals surface area contributed by atoms with Gasteiger partial charge in [0.2, 0.25) is 0 Å². The van der Waals surface area contributed by atoms with Gasteiger partial charge in [0.25, 0.3) is 0 Å². The minimum absolute atomic E-state index is 0.727. The van der Waals surface area contributed by atoms with Gasteiger partial charge in [-0.3, -0.25) is 0 Å². The normalized spacial score (nSPS) is 16.8. The van der Waals surface area contributed by atoms with Crippen molar-refractivity contribution in [1.82, 2.24) is 4.98 Å². The number of rotatable bonds is 1. The van der Waals surface area contributed by atoms with E-state index in [1.165, 1.54) is 19.3 Å². The fraction of sp³-hybridized carbons (Fsp3) is 0.500. The minimum Gasteiger partial charge on any atom is -0.397 e. The molecule has 0 bridgehead atoms. The second-order valence-corrected chi connectivity index (χ2v) is 5.35. The largest absolute Gasteiger partial charge is 0.397 e. The molecule has 0 saturated carbocycles. The Hall–Kier alpha value is -0.290. The number of nitrogens with zero attached hydrogens (tertiary/aromatic N) is 2. The first-order valence-corrected chi connectivity index (χ1v) is 6.63. The summed E-state index contributed by atoms with van der Waals surface area (Å²) in [6, 6.07) is 0. The van der Waals surface area contributed by atoms with Gasteiger partial charge in [0, 0.05) is 19.3 Å². The topological polar surface area (TPSA) is 42.1 Å². The molecule has 3 nitrogen and oxygen atoms in total. The molecule has 1 aliphatic rings. The molecule has 0 amide bonds. The van der Waals surface area contributed by atoms with Crippen molar-refractivity contribution < 1.29 is 0 Å². The van der Waals surface area contributed by atoms with E-state index >= 15 is 0 Å².